The lowest BCUT2D eigenvalue weighted by Gasteiger charge is -2.29. The van der Waals surface area contributed by atoms with E-state index in [2.05, 4.69) is 39.0 Å². The minimum atomic E-state index is -0.383. The summed E-state index contributed by atoms with van der Waals surface area (Å²) >= 11 is 0. The topological polar surface area (TPSA) is 75.2 Å². The molecular weight excluding hydrogens is 516 g/mol. The summed E-state index contributed by atoms with van der Waals surface area (Å²) < 4.78 is 10.4. The molecule has 1 amide bonds. The van der Waals surface area contributed by atoms with Crippen molar-refractivity contribution in [1.29, 1.82) is 0 Å². The number of carbonyl (C=O) groups excluding carboxylic acids is 2. The van der Waals surface area contributed by atoms with E-state index in [0.29, 0.717) is 24.1 Å². The maximum atomic E-state index is 13.3. The lowest BCUT2D eigenvalue weighted by Crippen LogP contribution is -2.41. The van der Waals surface area contributed by atoms with Gasteiger partial charge in [0.15, 0.2) is 0 Å². The SMILES string of the molecule is COC(=O)c1ccnc(-c2cc(N3CCCCC3)ccc2Cc2cccc(C(=O)N(C)CCN3CCOCC3)c2)c1. The number of hydrogen-bond donors (Lipinski definition) is 0. The van der Waals surface area contributed by atoms with Gasteiger partial charge in [-0.3, -0.25) is 14.7 Å². The molecule has 2 saturated heterocycles. The number of amides is 1. The van der Waals surface area contributed by atoms with Crippen LogP contribution in [0.15, 0.2) is 60.8 Å². The maximum Gasteiger partial charge on any atom is 0.337 e. The van der Waals surface area contributed by atoms with Crippen molar-refractivity contribution in [3.63, 3.8) is 0 Å². The van der Waals surface area contributed by atoms with Gasteiger partial charge in [0.05, 0.1) is 31.6 Å². The summed E-state index contributed by atoms with van der Waals surface area (Å²) in [5.74, 6) is -0.362. The Kier molecular flexibility index (Phi) is 9.64. The van der Waals surface area contributed by atoms with E-state index in [4.69, 9.17) is 9.47 Å². The molecule has 5 rings (SSSR count). The third-order valence-corrected chi connectivity index (χ3v) is 8.04. The van der Waals surface area contributed by atoms with Gasteiger partial charge < -0.3 is 19.3 Å². The van der Waals surface area contributed by atoms with Gasteiger partial charge in [-0.15, -0.1) is 0 Å². The quantitative estimate of drug-likeness (QED) is 0.359. The molecular formula is C33H40N4O4. The Bertz CT molecular complexity index is 1350. The van der Waals surface area contributed by atoms with E-state index in [1.807, 2.05) is 25.2 Å². The van der Waals surface area contributed by atoms with Crippen LogP contribution in [0.5, 0.6) is 0 Å². The fourth-order valence-corrected chi connectivity index (χ4v) is 5.60. The molecule has 0 saturated carbocycles. The van der Waals surface area contributed by atoms with Crippen molar-refractivity contribution in [3.05, 3.63) is 83.0 Å². The molecule has 0 aliphatic carbocycles. The summed E-state index contributed by atoms with van der Waals surface area (Å²) in [5, 5.41) is 0. The highest BCUT2D eigenvalue weighted by atomic mass is 16.5. The van der Waals surface area contributed by atoms with Gasteiger partial charge in [0.1, 0.15) is 0 Å². The fraction of sp³-hybridized carbons (Fsp3) is 0.424. The number of rotatable bonds is 9. The lowest BCUT2D eigenvalue weighted by molar-refractivity contribution is 0.0338. The van der Waals surface area contributed by atoms with Gasteiger partial charge in [-0.25, -0.2) is 4.79 Å². The number of methoxy groups -OCH3 is 1. The number of carbonyl (C=O) groups is 2. The standard InChI is InChI=1S/C33H40N4O4/c1-35(15-16-36-17-19-41-20-18-36)32(38)27-8-6-7-25(22-27)21-26-9-10-29(37-13-4-3-5-14-37)24-30(26)31-23-28(11-12-34-31)33(39)40-2/h6-12,22-24H,3-5,13-21H2,1-2H3. The Morgan fingerprint density at radius 1 is 0.951 bits per heavy atom. The fourth-order valence-electron chi connectivity index (χ4n) is 5.60. The van der Waals surface area contributed by atoms with Crippen molar-refractivity contribution >= 4 is 17.6 Å². The van der Waals surface area contributed by atoms with Crippen LogP contribution in [-0.4, -0.2) is 93.3 Å². The van der Waals surface area contributed by atoms with Crippen LogP contribution in [0.2, 0.25) is 0 Å². The highest BCUT2D eigenvalue weighted by Crippen LogP contribution is 2.31. The van der Waals surface area contributed by atoms with Gasteiger partial charge in [0.2, 0.25) is 0 Å². The smallest absolute Gasteiger partial charge is 0.337 e. The summed E-state index contributed by atoms with van der Waals surface area (Å²) in [4.78, 5) is 36.8. The van der Waals surface area contributed by atoms with Crippen molar-refractivity contribution < 1.29 is 19.1 Å². The van der Waals surface area contributed by atoms with Crippen LogP contribution >= 0.6 is 0 Å². The molecule has 0 spiro atoms. The van der Waals surface area contributed by atoms with Gasteiger partial charge in [0.25, 0.3) is 5.91 Å². The molecule has 0 bridgehead atoms. The van der Waals surface area contributed by atoms with Crippen LogP contribution in [-0.2, 0) is 15.9 Å². The van der Waals surface area contributed by atoms with Crippen LogP contribution in [0.1, 0.15) is 51.1 Å². The van der Waals surface area contributed by atoms with E-state index in [1.165, 1.54) is 32.1 Å². The summed E-state index contributed by atoms with van der Waals surface area (Å²) in [6, 6.07) is 17.9. The van der Waals surface area contributed by atoms with Gasteiger partial charge in [0, 0.05) is 69.3 Å². The Labute approximate surface area is 242 Å². The van der Waals surface area contributed by atoms with Crippen LogP contribution in [0.3, 0.4) is 0 Å². The zero-order valence-corrected chi connectivity index (χ0v) is 24.2. The molecule has 2 aliphatic heterocycles. The summed E-state index contributed by atoms with van der Waals surface area (Å²) in [6.07, 6.45) is 5.94. The monoisotopic (exact) mass is 556 g/mol. The van der Waals surface area contributed by atoms with Crippen molar-refractivity contribution in [3.8, 4) is 11.3 Å². The first-order valence-electron chi connectivity index (χ1n) is 14.6. The molecule has 2 fully saturated rings. The Morgan fingerprint density at radius 2 is 1.76 bits per heavy atom. The first-order chi connectivity index (χ1) is 20.0. The number of hydrogen-bond acceptors (Lipinski definition) is 7. The minimum Gasteiger partial charge on any atom is -0.465 e. The number of nitrogens with zero attached hydrogens (tertiary/aromatic N) is 4. The Morgan fingerprint density at radius 3 is 2.54 bits per heavy atom. The molecule has 2 aliphatic rings. The number of piperidine rings is 1. The van der Waals surface area contributed by atoms with Gasteiger partial charge in [-0.05, 0) is 73.2 Å². The largest absolute Gasteiger partial charge is 0.465 e. The molecule has 0 radical (unpaired) electrons. The molecule has 216 valence electrons. The highest BCUT2D eigenvalue weighted by molar-refractivity contribution is 5.94. The first kappa shape index (κ1) is 28.8. The van der Waals surface area contributed by atoms with Gasteiger partial charge in [-0.2, -0.15) is 0 Å². The number of likely N-dealkylation sites (N-methyl/N-ethyl adjacent to an activating group) is 1. The van der Waals surface area contributed by atoms with Crippen molar-refractivity contribution in [2.24, 2.45) is 0 Å². The Hall–Kier alpha value is -3.75. The van der Waals surface area contributed by atoms with E-state index < -0.39 is 0 Å². The van der Waals surface area contributed by atoms with Crippen molar-refractivity contribution in [1.82, 2.24) is 14.8 Å². The normalized spacial score (nSPS) is 15.9. The second-order valence-electron chi connectivity index (χ2n) is 10.9. The third-order valence-electron chi connectivity index (χ3n) is 8.04. The van der Waals surface area contributed by atoms with E-state index >= 15 is 0 Å². The van der Waals surface area contributed by atoms with E-state index in [-0.39, 0.29) is 11.9 Å². The van der Waals surface area contributed by atoms with Crippen molar-refractivity contribution in [2.75, 3.05) is 71.5 Å². The molecule has 2 aromatic carbocycles. The number of esters is 1. The zero-order chi connectivity index (χ0) is 28.6. The molecule has 0 unspecified atom stereocenters. The molecule has 3 aromatic rings. The summed E-state index contributed by atoms with van der Waals surface area (Å²) in [5.41, 5.74) is 6.18. The van der Waals surface area contributed by atoms with Crippen LogP contribution < -0.4 is 4.90 Å². The average Bonchev–Trinajstić information content (AvgIpc) is 3.04. The van der Waals surface area contributed by atoms with Crippen LogP contribution in [0, 0.1) is 0 Å². The predicted octanol–water partition coefficient (Wildman–Crippen LogP) is 4.52. The Balaban J connectivity index is 1.38. The molecule has 1 aromatic heterocycles. The van der Waals surface area contributed by atoms with Gasteiger partial charge in [-0.1, -0.05) is 18.2 Å². The van der Waals surface area contributed by atoms with Gasteiger partial charge >= 0.3 is 5.97 Å². The van der Waals surface area contributed by atoms with E-state index in [0.717, 1.165) is 68.3 Å². The average molecular weight is 557 g/mol. The number of morpholine rings is 1. The second kappa shape index (κ2) is 13.7. The lowest BCUT2D eigenvalue weighted by atomic mass is 9.95. The zero-order valence-electron chi connectivity index (χ0n) is 24.2. The molecule has 0 atom stereocenters. The van der Waals surface area contributed by atoms with Crippen LogP contribution in [0.4, 0.5) is 5.69 Å². The molecule has 8 heteroatoms. The maximum absolute atomic E-state index is 13.3. The summed E-state index contributed by atoms with van der Waals surface area (Å²) in [6.45, 7) is 6.92. The predicted molar refractivity (Wildman–Crippen MR) is 161 cm³/mol. The number of anilines is 1. The molecule has 41 heavy (non-hydrogen) atoms. The van der Waals surface area contributed by atoms with E-state index in [1.54, 1.807) is 23.2 Å². The summed E-state index contributed by atoms with van der Waals surface area (Å²) in [7, 11) is 3.26. The van der Waals surface area contributed by atoms with Crippen LogP contribution in [0.25, 0.3) is 11.3 Å². The second-order valence-corrected chi connectivity index (χ2v) is 10.9. The number of benzene rings is 2. The first-order valence-corrected chi connectivity index (χ1v) is 14.6. The molecule has 3 heterocycles. The third kappa shape index (κ3) is 7.31. The number of pyridine rings is 1. The molecule has 0 N–H and O–H groups in total. The number of aromatic nitrogens is 1. The number of ether oxygens (including phenoxy) is 2. The molecule has 8 nitrogen and oxygen atoms in total. The van der Waals surface area contributed by atoms with Crippen molar-refractivity contribution in [2.45, 2.75) is 25.7 Å². The van der Waals surface area contributed by atoms with E-state index in [9.17, 15) is 9.59 Å². The highest BCUT2D eigenvalue weighted by Gasteiger charge is 2.18. The minimum absolute atomic E-state index is 0.0215.